The van der Waals surface area contributed by atoms with Crippen molar-refractivity contribution in [3.8, 4) is 16.9 Å². The molecule has 0 unspecified atom stereocenters. The second kappa shape index (κ2) is 12.2. The molecule has 0 aliphatic rings. The van der Waals surface area contributed by atoms with Gasteiger partial charge < -0.3 is 24.4 Å². The zero-order chi connectivity index (χ0) is 28.2. The molecule has 0 bridgehead atoms. The SMILES string of the molecule is CCN(CCCOc1ccc(-c2cccc(S(=O)(=O)CC)c2)c2c1[nH]c1ncc(C)cc12)CCOP(=O)(O)O. The topological polar surface area (TPSA) is 142 Å². The standard InChI is InChI=1S/C27H34N3O7PS/c1-4-30(13-15-37-38(31,32)33)12-7-14-36-24-11-10-22(20-8-6-9-21(17-20)39(34,35)5-2)25-23-16-19(3)18-28-27(23)29-26(24)25/h6,8-11,16-18H,4-5,7,12-15H2,1-3H3,(H,28,29)(H2,31,32,33). The Bertz CT molecular complexity index is 1610. The van der Waals surface area contributed by atoms with Gasteiger partial charge in [0.1, 0.15) is 11.4 Å². The highest BCUT2D eigenvalue weighted by Gasteiger charge is 2.18. The van der Waals surface area contributed by atoms with Gasteiger partial charge in [-0.1, -0.05) is 26.0 Å². The first-order valence-electron chi connectivity index (χ1n) is 12.8. The number of nitrogens with zero attached hydrogens (tertiary/aromatic N) is 2. The molecule has 2 heterocycles. The minimum absolute atomic E-state index is 0.0288. The molecule has 0 fully saturated rings. The van der Waals surface area contributed by atoms with Gasteiger partial charge in [0.25, 0.3) is 0 Å². The Morgan fingerprint density at radius 1 is 1.08 bits per heavy atom. The molecule has 0 spiro atoms. The third-order valence-corrected chi connectivity index (χ3v) is 8.83. The van der Waals surface area contributed by atoms with Crippen LogP contribution in [0.4, 0.5) is 0 Å². The van der Waals surface area contributed by atoms with Crippen LogP contribution in [0.25, 0.3) is 33.1 Å². The van der Waals surface area contributed by atoms with Gasteiger partial charge in [0.05, 0.1) is 29.4 Å². The summed E-state index contributed by atoms with van der Waals surface area (Å²) in [5.74, 6) is 0.690. The average molecular weight is 576 g/mol. The Morgan fingerprint density at radius 3 is 2.59 bits per heavy atom. The summed E-state index contributed by atoms with van der Waals surface area (Å²) in [5, 5.41) is 1.84. The molecule has 4 aromatic rings. The van der Waals surface area contributed by atoms with Crippen LogP contribution in [0.1, 0.15) is 25.8 Å². The minimum atomic E-state index is -4.47. The minimum Gasteiger partial charge on any atom is -0.491 e. The van der Waals surface area contributed by atoms with E-state index in [4.69, 9.17) is 14.5 Å². The summed E-state index contributed by atoms with van der Waals surface area (Å²) >= 11 is 0. The maximum Gasteiger partial charge on any atom is 0.469 e. The van der Waals surface area contributed by atoms with Crippen LogP contribution in [-0.2, 0) is 18.9 Å². The largest absolute Gasteiger partial charge is 0.491 e. The van der Waals surface area contributed by atoms with E-state index < -0.39 is 17.7 Å². The maximum absolute atomic E-state index is 12.5. The number of aromatic amines is 1. The van der Waals surface area contributed by atoms with Crippen molar-refractivity contribution in [3.05, 3.63) is 54.2 Å². The van der Waals surface area contributed by atoms with Crippen molar-refractivity contribution in [1.29, 1.82) is 0 Å². The van der Waals surface area contributed by atoms with E-state index in [-0.39, 0.29) is 17.3 Å². The fourth-order valence-corrected chi connectivity index (χ4v) is 5.78. The molecular weight excluding hydrogens is 541 g/mol. The highest BCUT2D eigenvalue weighted by molar-refractivity contribution is 7.91. The lowest BCUT2D eigenvalue weighted by Crippen LogP contribution is -2.29. The van der Waals surface area contributed by atoms with Crippen LogP contribution in [0, 0.1) is 6.92 Å². The van der Waals surface area contributed by atoms with Gasteiger partial charge in [-0.3, -0.25) is 4.52 Å². The van der Waals surface area contributed by atoms with E-state index in [2.05, 4.69) is 20.6 Å². The second-order valence-electron chi connectivity index (χ2n) is 9.29. The number of hydrogen-bond donors (Lipinski definition) is 3. The molecule has 39 heavy (non-hydrogen) atoms. The predicted octanol–water partition coefficient (Wildman–Crippen LogP) is 4.69. The Balaban J connectivity index is 1.60. The fraction of sp³-hybridized carbons (Fsp3) is 0.370. The van der Waals surface area contributed by atoms with E-state index in [1.807, 2.05) is 36.9 Å². The average Bonchev–Trinajstić information content (AvgIpc) is 3.28. The summed E-state index contributed by atoms with van der Waals surface area (Å²) in [5.41, 5.74) is 4.18. The van der Waals surface area contributed by atoms with Crippen molar-refractivity contribution in [3.63, 3.8) is 0 Å². The van der Waals surface area contributed by atoms with Crippen molar-refractivity contribution in [1.82, 2.24) is 14.9 Å². The summed E-state index contributed by atoms with van der Waals surface area (Å²) in [6.45, 7) is 7.75. The van der Waals surface area contributed by atoms with Gasteiger partial charge in [0.15, 0.2) is 9.84 Å². The second-order valence-corrected chi connectivity index (χ2v) is 12.8. The van der Waals surface area contributed by atoms with Crippen LogP contribution < -0.4 is 4.74 Å². The van der Waals surface area contributed by atoms with Gasteiger partial charge in [-0.15, -0.1) is 0 Å². The van der Waals surface area contributed by atoms with Crippen molar-refractivity contribution in [2.45, 2.75) is 32.1 Å². The van der Waals surface area contributed by atoms with E-state index >= 15 is 0 Å². The van der Waals surface area contributed by atoms with Gasteiger partial charge >= 0.3 is 7.82 Å². The summed E-state index contributed by atoms with van der Waals surface area (Å²) in [4.78, 5) is 28.0. The number of likely N-dealkylation sites (N-methyl/N-ethyl adjacent to an activating group) is 1. The van der Waals surface area contributed by atoms with Crippen LogP contribution in [0.15, 0.2) is 53.6 Å². The van der Waals surface area contributed by atoms with E-state index in [9.17, 15) is 13.0 Å². The molecule has 0 radical (unpaired) electrons. The molecule has 0 saturated carbocycles. The molecule has 0 aliphatic heterocycles. The first-order valence-corrected chi connectivity index (χ1v) is 16.0. The molecule has 12 heteroatoms. The number of phosphoric acid groups is 1. The highest BCUT2D eigenvalue weighted by atomic mass is 32.2. The Hall–Kier alpha value is -2.79. The number of H-pyrrole nitrogens is 1. The quantitative estimate of drug-likeness (QED) is 0.153. The van der Waals surface area contributed by atoms with E-state index in [1.54, 1.807) is 31.3 Å². The number of phosphoric ester groups is 1. The number of fused-ring (bicyclic) bond motifs is 3. The van der Waals surface area contributed by atoms with E-state index in [0.717, 1.165) is 33.0 Å². The number of ether oxygens (including phenoxy) is 1. The summed E-state index contributed by atoms with van der Waals surface area (Å²) in [6.07, 6.45) is 2.49. The molecule has 0 aliphatic carbocycles. The first-order chi connectivity index (χ1) is 18.5. The Kier molecular flexibility index (Phi) is 9.10. The molecule has 2 aromatic carbocycles. The molecule has 210 valence electrons. The lowest BCUT2D eigenvalue weighted by molar-refractivity contribution is 0.159. The van der Waals surface area contributed by atoms with E-state index in [1.165, 1.54) is 0 Å². The van der Waals surface area contributed by atoms with Crippen LogP contribution >= 0.6 is 7.82 Å². The number of aromatic nitrogens is 2. The molecule has 0 atom stereocenters. The fourth-order valence-electron chi connectivity index (χ4n) is 4.54. The molecule has 4 rings (SSSR count). The molecule has 0 saturated heterocycles. The molecular formula is C27H34N3O7PS. The van der Waals surface area contributed by atoms with Gasteiger partial charge in [-0.25, -0.2) is 18.0 Å². The number of sulfone groups is 1. The molecule has 10 nitrogen and oxygen atoms in total. The van der Waals surface area contributed by atoms with Crippen LogP contribution in [0.3, 0.4) is 0 Å². The summed E-state index contributed by atoms with van der Waals surface area (Å²) < 4.78 is 46.7. The number of aryl methyl sites for hydroxylation is 1. The van der Waals surface area contributed by atoms with Crippen LogP contribution in [0.5, 0.6) is 5.75 Å². The number of rotatable bonds is 13. The third-order valence-electron chi connectivity index (χ3n) is 6.58. The molecule has 2 aromatic heterocycles. The van der Waals surface area contributed by atoms with Gasteiger partial charge in [-0.2, -0.15) is 0 Å². The normalized spacial score (nSPS) is 12.6. The number of benzene rings is 2. The molecule has 3 N–H and O–H groups in total. The van der Waals surface area contributed by atoms with Gasteiger partial charge in [0.2, 0.25) is 0 Å². The monoisotopic (exact) mass is 575 g/mol. The van der Waals surface area contributed by atoms with Crippen molar-refractivity contribution < 1.29 is 32.0 Å². The smallest absolute Gasteiger partial charge is 0.469 e. The summed E-state index contributed by atoms with van der Waals surface area (Å²) in [7, 11) is -7.83. The van der Waals surface area contributed by atoms with Crippen molar-refractivity contribution in [2.24, 2.45) is 0 Å². The van der Waals surface area contributed by atoms with Crippen LogP contribution in [0.2, 0.25) is 0 Å². The Labute approximate surface area is 228 Å². The maximum atomic E-state index is 12.5. The van der Waals surface area contributed by atoms with Crippen LogP contribution in [-0.4, -0.2) is 71.7 Å². The number of pyridine rings is 1. The third kappa shape index (κ3) is 7.05. The predicted molar refractivity (Wildman–Crippen MR) is 152 cm³/mol. The van der Waals surface area contributed by atoms with Crippen molar-refractivity contribution >= 4 is 39.6 Å². The Morgan fingerprint density at radius 2 is 1.87 bits per heavy atom. The lowest BCUT2D eigenvalue weighted by Gasteiger charge is -2.20. The lowest BCUT2D eigenvalue weighted by atomic mass is 9.99. The first kappa shape index (κ1) is 29.2. The zero-order valence-electron chi connectivity index (χ0n) is 22.3. The van der Waals surface area contributed by atoms with Gasteiger partial charge in [0, 0.05) is 30.1 Å². The number of hydrogen-bond acceptors (Lipinski definition) is 7. The van der Waals surface area contributed by atoms with Crippen molar-refractivity contribution in [2.75, 3.05) is 38.6 Å². The number of nitrogens with one attached hydrogen (secondary N) is 1. The summed E-state index contributed by atoms with van der Waals surface area (Å²) in [6, 6.07) is 12.9. The highest BCUT2D eigenvalue weighted by Crippen LogP contribution is 2.39. The van der Waals surface area contributed by atoms with Gasteiger partial charge in [-0.05, 0) is 66.9 Å². The molecule has 0 amide bonds. The van der Waals surface area contributed by atoms with E-state index in [0.29, 0.717) is 44.1 Å². The zero-order valence-corrected chi connectivity index (χ0v) is 24.0.